The Balaban J connectivity index is 1.60. The first-order chi connectivity index (χ1) is 14.2. The quantitative estimate of drug-likeness (QED) is 0.504. The molecule has 4 aromatic rings. The third kappa shape index (κ3) is 3.89. The molecule has 0 aliphatic carbocycles. The van der Waals surface area contributed by atoms with Gasteiger partial charge in [-0.3, -0.25) is 14.5 Å². The number of aryl methyl sites for hydroxylation is 2. The fourth-order valence-corrected chi connectivity index (χ4v) is 3.16. The van der Waals surface area contributed by atoms with Crippen LogP contribution < -0.4 is 5.32 Å². The highest BCUT2D eigenvalue weighted by Crippen LogP contribution is 2.30. The molecule has 0 bridgehead atoms. The average Bonchev–Trinajstić information content (AvgIpc) is 3.08. The number of alkyl halides is 3. The molecule has 5 nitrogen and oxygen atoms in total. The summed E-state index contributed by atoms with van der Waals surface area (Å²) in [6.45, 7) is 2.02. The molecule has 0 radical (unpaired) electrons. The number of rotatable bonds is 3. The van der Waals surface area contributed by atoms with E-state index in [-0.39, 0.29) is 11.4 Å². The summed E-state index contributed by atoms with van der Waals surface area (Å²) in [5, 5.41) is 6.70. The summed E-state index contributed by atoms with van der Waals surface area (Å²) in [6, 6.07) is 15.8. The van der Waals surface area contributed by atoms with Crippen molar-refractivity contribution < 1.29 is 18.0 Å². The lowest BCUT2D eigenvalue weighted by atomic mass is 10.0. The van der Waals surface area contributed by atoms with Crippen molar-refractivity contribution >= 4 is 22.6 Å². The third-order valence-electron chi connectivity index (χ3n) is 4.71. The maximum Gasteiger partial charge on any atom is 0.435 e. The topological polar surface area (TPSA) is 59.8 Å². The molecule has 2 aromatic heterocycles. The number of fused-ring (bicyclic) bond motifs is 1. The van der Waals surface area contributed by atoms with Crippen molar-refractivity contribution in [3.8, 4) is 11.1 Å². The summed E-state index contributed by atoms with van der Waals surface area (Å²) >= 11 is 0. The van der Waals surface area contributed by atoms with Gasteiger partial charge in [-0.1, -0.05) is 35.9 Å². The van der Waals surface area contributed by atoms with E-state index in [2.05, 4.69) is 21.5 Å². The van der Waals surface area contributed by atoms with Gasteiger partial charge in [0.2, 0.25) is 0 Å². The predicted molar refractivity (Wildman–Crippen MR) is 108 cm³/mol. The van der Waals surface area contributed by atoms with Crippen LogP contribution in [0.25, 0.3) is 22.0 Å². The Labute approximate surface area is 170 Å². The van der Waals surface area contributed by atoms with Gasteiger partial charge in [-0.25, -0.2) is 0 Å². The van der Waals surface area contributed by atoms with Crippen molar-refractivity contribution in [2.75, 3.05) is 5.32 Å². The number of pyridine rings is 1. The van der Waals surface area contributed by atoms with Gasteiger partial charge >= 0.3 is 6.18 Å². The number of aromatic nitrogens is 3. The lowest BCUT2D eigenvalue weighted by Crippen LogP contribution is -2.14. The number of hydrogen-bond acceptors (Lipinski definition) is 3. The van der Waals surface area contributed by atoms with Crippen molar-refractivity contribution in [2.24, 2.45) is 7.05 Å². The average molecular weight is 410 g/mol. The maximum atomic E-state index is 12.8. The van der Waals surface area contributed by atoms with E-state index in [0.717, 1.165) is 32.8 Å². The monoisotopic (exact) mass is 410 g/mol. The van der Waals surface area contributed by atoms with E-state index in [9.17, 15) is 18.0 Å². The van der Waals surface area contributed by atoms with Crippen molar-refractivity contribution in [1.82, 2.24) is 14.8 Å². The van der Waals surface area contributed by atoms with E-state index in [1.54, 1.807) is 24.4 Å². The van der Waals surface area contributed by atoms with Crippen molar-refractivity contribution in [3.63, 3.8) is 0 Å². The summed E-state index contributed by atoms with van der Waals surface area (Å²) < 4.78 is 39.4. The van der Waals surface area contributed by atoms with Gasteiger partial charge < -0.3 is 5.32 Å². The molecule has 1 amide bonds. The minimum absolute atomic E-state index is 0.0461. The number of hydrogen-bond donors (Lipinski definition) is 1. The molecule has 0 aliphatic rings. The van der Waals surface area contributed by atoms with Crippen LogP contribution >= 0.6 is 0 Å². The molecule has 4 rings (SSSR count). The second kappa shape index (κ2) is 7.29. The molecular formula is C22H17F3N4O. The van der Waals surface area contributed by atoms with E-state index >= 15 is 0 Å². The van der Waals surface area contributed by atoms with E-state index in [1.165, 1.54) is 7.05 Å². The number of amides is 1. The Bertz CT molecular complexity index is 1260. The molecule has 0 atom stereocenters. The Hall–Kier alpha value is -3.68. The van der Waals surface area contributed by atoms with Gasteiger partial charge in [0.05, 0.1) is 5.52 Å². The first-order valence-electron chi connectivity index (χ1n) is 9.10. The molecule has 2 heterocycles. The molecule has 0 aliphatic heterocycles. The molecular weight excluding hydrogens is 393 g/mol. The van der Waals surface area contributed by atoms with E-state index in [4.69, 9.17) is 0 Å². The Morgan fingerprint density at radius 2 is 1.83 bits per heavy atom. The molecule has 0 unspecified atom stereocenters. The zero-order valence-electron chi connectivity index (χ0n) is 16.2. The molecule has 2 aromatic carbocycles. The van der Waals surface area contributed by atoms with Crippen LogP contribution in [0.4, 0.5) is 19.0 Å². The van der Waals surface area contributed by atoms with Crippen molar-refractivity contribution in [1.29, 1.82) is 0 Å². The second-order valence-corrected chi connectivity index (χ2v) is 6.99. The van der Waals surface area contributed by atoms with Crippen LogP contribution in [0.1, 0.15) is 21.6 Å². The Morgan fingerprint density at radius 3 is 2.53 bits per heavy atom. The summed E-state index contributed by atoms with van der Waals surface area (Å²) in [5.74, 6) is -0.589. The van der Waals surface area contributed by atoms with Crippen LogP contribution in [0, 0.1) is 6.92 Å². The lowest BCUT2D eigenvalue weighted by Gasteiger charge is -2.08. The van der Waals surface area contributed by atoms with Gasteiger partial charge in [0.15, 0.2) is 5.69 Å². The number of halogens is 3. The van der Waals surface area contributed by atoms with Gasteiger partial charge in [0.25, 0.3) is 5.91 Å². The second-order valence-electron chi connectivity index (χ2n) is 6.99. The van der Waals surface area contributed by atoms with E-state index < -0.39 is 17.8 Å². The van der Waals surface area contributed by atoms with Gasteiger partial charge in [0, 0.05) is 35.8 Å². The van der Waals surface area contributed by atoms with E-state index in [0.29, 0.717) is 5.52 Å². The summed E-state index contributed by atoms with van der Waals surface area (Å²) in [4.78, 5) is 17.0. The Morgan fingerprint density at radius 1 is 1.03 bits per heavy atom. The molecule has 1 N–H and O–H groups in total. The van der Waals surface area contributed by atoms with Crippen LogP contribution in [-0.2, 0) is 13.2 Å². The number of anilines is 1. The highest BCUT2D eigenvalue weighted by molar-refractivity contribution is 6.05. The first-order valence-corrected chi connectivity index (χ1v) is 9.10. The predicted octanol–water partition coefficient (Wildman–Crippen LogP) is 5.21. The van der Waals surface area contributed by atoms with Gasteiger partial charge in [-0.2, -0.15) is 18.3 Å². The smallest absolute Gasteiger partial charge is 0.307 e. The fourth-order valence-electron chi connectivity index (χ4n) is 3.16. The lowest BCUT2D eigenvalue weighted by molar-refractivity contribution is -0.141. The largest absolute Gasteiger partial charge is 0.435 e. The zero-order valence-corrected chi connectivity index (χ0v) is 16.2. The van der Waals surface area contributed by atoms with Crippen LogP contribution in [-0.4, -0.2) is 20.7 Å². The summed E-state index contributed by atoms with van der Waals surface area (Å²) in [7, 11) is 1.33. The maximum absolute atomic E-state index is 12.8. The normalized spacial score (nSPS) is 11.6. The zero-order chi connectivity index (χ0) is 21.5. The number of carbonyl (C=O) groups excluding carboxylic acids is 1. The van der Waals surface area contributed by atoms with Crippen LogP contribution in [0.5, 0.6) is 0 Å². The fraction of sp³-hybridized carbons (Fsp3) is 0.136. The SMILES string of the molecule is Cc1cccc(-c2cnc3cc(C(=O)Nc4cc(C(F)(F)F)nn4C)ccc3c2)c1. The Kier molecular flexibility index (Phi) is 4.77. The number of carbonyl (C=O) groups is 1. The van der Waals surface area contributed by atoms with Gasteiger partial charge in [-0.15, -0.1) is 0 Å². The molecule has 30 heavy (non-hydrogen) atoms. The third-order valence-corrected chi connectivity index (χ3v) is 4.71. The van der Waals surface area contributed by atoms with Crippen LogP contribution in [0.2, 0.25) is 0 Å². The minimum atomic E-state index is -4.58. The van der Waals surface area contributed by atoms with Gasteiger partial charge in [0.1, 0.15) is 5.82 Å². The van der Waals surface area contributed by atoms with Gasteiger partial charge in [-0.05, 0) is 30.7 Å². The summed E-state index contributed by atoms with van der Waals surface area (Å²) in [5.41, 5.74) is 2.97. The standard InChI is InChI=1S/C22H17F3N4O/c1-13-4-3-5-14(8-13)17-9-15-6-7-16(10-18(15)26-12-17)21(30)27-20-11-19(22(23,24)25)28-29(20)2/h3-12H,1-2H3,(H,27,30). The molecule has 8 heteroatoms. The number of benzene rings is 2. The minimum Gasteiger partial charge on any atom is -0.307 e. The highest BCUT2D eigenvalue weighted by Gasteiger charge is 2.34. The van der Waals surface area contributed by atoms with E-state index in [1.807, 2.05) is 31.2 Å². The molecule has 0 fully saturated rings. The van der Waals surface area contributed by atoms with Crippen molar-refractivity contribution in [2.45, 2.75) is 13.1 Å². The first kappa shape index (κ1) is 19.6. The molecule has 0 saturated heterocycles. The molecule has 152 valence electrons. The molecule has 0 saturated carbocycles. The number of nitrogens with zero attached hydrogens (tertiary/aromatic N) is 3. The summed E-state index contributed by atoms with van der Waals surface area (Å²) in [6.07, 6.45) is -2.85. The van der Waals surface area contributed by atoms with Crippen LogP contribution in [0.3, 0.4) is 0 Å². The van der Waals surface area contributed by atoms with Crippen LogP contribution in [0.15, 0.2) is 60.8 Å². The van der Waals surface area contributed by atoms with Crippen molar-refractivity contribution in [3.05, 3.63) is 77.6 Å². The molecule has 0 spiro atoms. The highest BCUT2D eigenvalue weighted by atomic mass is 19.4. The number of nitrogens with one attached hydrogen (secondary N) is 1.